The largest absolute Gasteiger partial charge is 0.368 e. The zero-order chi connectivity index (χ0) is 13.1. The van der Waals surface area contributed by atoms with Gasteiger partial charge < -0.3 is 4.90 Å². The Balaban J connectivity index is 2.23. The first-order valence-electron chi connectivity index (χ1n) is 6.45. The first-order chi connectivity index (χ1) is 8.65. The lowest BCUT2D eigenvalue weighted by atomic mass is 10.1. The van der Waals surface area contributed by atoms with Gasteiger partial charge in [-0.25, -0.2) is 0 Å². The molecule has 18 heavy (non-hydrogen) atoms. The van der Waals surface area contributed by atoms with Crippen LogP contribution >= 0.6 is 27.5 Å². The maximum Gasteiger partial charge on any atom is 0.0426 e. The van der Waals surface area contributed by atoms with Crippen molar-refractivity contribution in [2.45, 2.75) is 24.7 Å². The molecular formula is C14H20BrClN2. The average Bonchev–Trinajstić information content (AvgIpc) is 2.39. The molecule has 0 aliphatic carbocycles. The highest BCUT2D eigenvalue weighted by atomic mass is 79.9. The summed E-state index contributed by atoms with van der Waals surface area (Å²) in [5.41, 5.74) is 2.60. The van der Waals surface area contributed by atoms with E-state index < -0.39 is 0 Å². The smallest absolute Gasteiger partial charge is 0.0426 e. The van der Waals surface area contributed by atoms with Crippen LogP contribution in [0, 0.1) is 0 Å². The Morgan fingerprint density at radius 1 is 1.39 bits per heavy atom. The van der Waals surface area contributed by atoms with Crippen LogP contribution in [0.4, 0.5) is 5.69 Å². The van der Waals surface area contributed by atoms with Gasteiger partial charge in [0.2, 0.25) is 0 Å². The maximum atomic E-state index is 6.14. The number of rotatable bonds is 3. The normalized spacial score (nSPS) is 21.3. The molecule has 1 aromatic rings. The Labute approximate surface area is 123 Å². The Kier molecular flexibility index (Phi) is 4.93. The molecule has 1 atom stereocenters. The SMILES string of the molecule is CCC1CN(c2cc(Cl)ccc2CBr)CCN1C. The van der Waals surface area contributed by atoms with Gasteiger partial charge in [0.15, 0.2) is 0 Å². The van der Waals surface area contributed by atoms with Crippen LogP contribution in [0.5, 0.6) is 0 Å². The monoisotopic (exact) mass is 330 g/mol. The molecule has 0 saturated carbocycles. The summed E-state index contributed by atoms with van der Waals surface area (Å²) in [5.74, 6) is 0. The van der Waals surface area contributed by atoms with Gasteiger partial charge in [-0.1, -0.05) is 40.5 Å². The second-order valence-electron chi connectivity index (χ2n) is 4.90. The van der Waals surface area contributed by atoms with E-state index >= 15 is 0 Å². The fourth-order valence-electron chi connectivity index (χ4n) is 2.55. The summed E-state index contributed by atoms with van der Waals surface area (Å²) in [7, 11) is 2.22. The summed E-state index contributed by atoms with van der Waals surface area (Å²) in [6.45, 7) is 5.54. The fraction of sp³-hybridized carbons (Fsp3) is 0.571. The fourth-order valence-corrected chi connectivity index (χ4v) is 3.19. The van der Waals surface area contributed by atoms with E-state index in [0.29, 0.717) is 6.04 Å². The van der Waals surface area contributed by atoms with Crippen LogP contribution in [0.1, 0.15) is 18.9 Å². The lowest BCUT2D eigenvalue weighted by Gasteiger charge is -2.41. The van der Waals surface area contributed by atoms with Gasteiger partial charge in [-0.3, -0.25) is 4.90 Å². The third-order valence-electron chi connectivity index (χ3n) is 3.78. The number of alkyl halides is 1. The van der Waals surface area contributed by atoms with Gasteiger partial charge in [-0.15, -0.1) is 0 Å². The molecule has 0 amide bonds. The van der Waals surface area contributed by atoms with Gasteiger partial charge in [-0.2, -0.15) is 0 Å². The topological polar surface area (TPSA) is 6.48 Å². The lowest BCUT2D eigenvalue weighted by molar-refractivity contribution is 0.213. The molecule has 2 rings (SSSR count). The van der Waals surface area contributed by atoms with Gasteiger partial charge in [0.1, 0.15) is 0 Å². The Hall–Kier alpha value is -0.250. The molecule has 0 bridgehead atoms. The van der Waals surface area contributed by atoms with E-state index in [2.05, 4.69) is 51.8 Å². The van der Waals surface area contributed by atoms with Crippen LogP contribution in [0.15, 0.2) is 18.2 Å². The minimum atomic E-state index is 0.640. The molecule has 1 unspecified atom stereocenters. The zero-order valence-corrected chi connectivity index (χ0v) is 13.3. The summed E-state index contributed by atoms with van der Waals surface area (Å²) >= 11 is 9.70. The number of anilines is 1. The summed E-state index contributed by atoms with van der Waals surface area (Å²) in [5, 5.41) is 1.70. The van der Waals surface area contributed by atoms with E-state index in [4.69, 9.17) is 11.6 Å². The molecule has 1 fully saturated rings. The molecule has 0 spiro atoms. The standard InChI is InChI=1S/C14H20BrClN2/c1-3-13-10-18(7-6-17(13)2)14-8-12(16)5-4-11(14)9-15/h4-5,8,13H,3,6-7,9-10H2,1-2H3. The molecule has 2 nitrogen and oxygen atoms in total. The zero-order valence-electron chi connectivity index (χ0n) is 11.0. The van der Waals surface area contributed by atoms with Crippen molar-refractivity contribution in [1.82, 2.24) is 4.90 Å². The number of piperazine rings is 1. The summed E-state index contributed by atoms with van der Waals surface area (Å²) in [6.07, 6.45) is 1.19. The predicted octanol–water partition coefficient (Wildman–Crippen LogP) is 3.77. The predicted molar refractivity (Wildman–Crippen MR) is 83.0 cm³/mol. The second kappa shape index (κ2) is 6.27. The number of likely N-dealkylation sites (N-methyl/N-ethyl adjacent to an activating group) is 1. The Bertz CT molecular complexity index is 411. The van der Waals surface area contributed by atoms with Gasteiger partial charge in [0, 0.05) is 41.7 Å². The molecule has 0 radical (unpaired) electrons. The maximum absolute atomic E-state index is 6.14. The minimum Gasteiger partial charge on any atom is -0.368 e. The van der Waals surface area contributed by atoms with Gasteiger partial charge >= 0.3 is 0 Å². The Morgan fingerprint density at radius 3 is 2.83 bits per heavy atom. The number of halogens is 2. The average molecular weight is 332 g/mol. The highest BCUT2D eigenvalue weighted by Crippen LogP contribution is 2.28. The molecule has 1 aromatic carbocycles. The van der Waals surface area contributed by atoms with E-state index in [1.54, 1.807) is 0 Å². The number of benzene rings is 1. The third-order valence-corrected chi connectivity index (χ3v) is 4.62. The molecular weight excluding hydrogens is 312 g/mol. The van der Waals surface area contributed by atoms with Crippen LogP contribution in [0.3, 0.4) is 0 Å². The minimum absolute atomic E-state index is 0.640. The molecule has 1 saturated heterocycles. The van der Waals surface area contributed by atoms with E-state index in [9.17, 15) is 0 Å². The molecule has 1 heterocycles. The molecule has 100 valence electrons. The van der Waals surface area contributed by atoms with Crippen molar-refractivity contribution in [1.29, 1.82) is 0 Å². The van der Waals surface area contributed by atoms with Crippen molar-refractivity contribution in [2.75, 3.05) is 31.6 Å². The molecule has 1 aliphatic rings. The first-order valence-corrected chi connectivity index (χ1v) is 7.95. The van der Waals surface area contributed by atoms with Gasteiger partial charge in [0.05, 0.1) is 0 Å². The molecule has 1 aliphatic heterocycles. The lowest BCUT2D eigenvalue weighted by Crippen LogP contribution is -2.51. The van der Waals surface area contributed by atoms with E-state index in [-0.39, 0.29) is 0 Å². The van der Waals surface area contributed by atoms with Crippen LogP contribution in [0.25, 0.3) is 0 Å². The van der Waals surface area contributed by atoms with Crippen LogP contribution < -0.4 is 4.90 Å². The number of hydrogen-bond acceptors (Lipinski definition) is 2. The van der Waals surface area contributed by atoms with Crippen LogP contribution in [0.2, 0.25) is 5.02 Å². The summed E-state index contributed by atoms with van der Waals surface area (Å²) < 4.78 is 0. The van der Waals surface area contributed by atoms with E-state index in [1.807, 2.05) is 6.07 Å². The van der Waals surface area contributed by atoms with E-state index in [1.165, 1.54) is 17.7 Å². The number of hydrogen-bond donors (Lipinski definition) is 0. The van der Waals surface area contributed by atoms with Crippen molar-refractivity contribution in [3.63, 3.8) is 0 Å². The van der Waals surface area contributed by atoms with Crippen molar-refractivity contribution in [3.05, 3.63) is 28.8 Å². The van der Waals surface area contributed by atoms with Gasteiger partial charge in [-0.05, 0) is 31.2 Å². The van der Waals surface area contributed by atoms with Crippen molar-refractivity contribution < 1.29 is 0 Å². The Morgan fingerprint density at radius 2 is 2.17 bits per heavy atom. The first kappa shape index (κ1) is 14.2. The summed E-state index contributed by atoms with van der Waals surface area (Å²) in [6, 6.07) is 6.82. The molecule has 4 heteroatoms. The highest BCUT2D eigenvalue weighted by molar-refractivity contribution is 9.08. The molecule has 0 N–H and O–H groups in total. The van der Waals surface area contributed by atoms with Crippen LogP contribution in [-0.2, 0) is 5.33 Å². The van der Waals surface area contributed by atoms with Gasteiger partial charge in [0.25, 0.3) is 0 Å². The van der Waals surface area contributed by atoms with Crippen molar-refractivity contribution >= 4 is 33.2 Å². The highest BCUT2D eigenvalue weighted by Gasteiger charge is 2.24. The van der Waals surface area contributed by atoms with Crippen LogP contribution in [-0.4, -0.2) is 37.6 Å². The quantitative estimate of drug-likeness (QED) is 0.778. The van der Waals surface area contributed by atoms with Crippen molar-refractivity contribution in [3.8, 4) is 0 Å². The number of nitrogens with zero attached hydrogens (tertiary/aromatic N) is 2. The van der Waals surface area contributed by atoms with E-state index in [0.717, 1.165) is 30.0 Å². The molecule has 0 aromatic heterocycles. The summed E-state index contributed by atoms with van der Waals surface area (Å²) in [4.78, 5) is 4.92. The second-order valence-corrected chi connectivity index (χ2v) is 5.89. The third kappa shape index (κ3) is 3.01. The van der Waals surface area contributed by atoms with Crippen molar-refractivity contribution in [2.24, 2.45) is 0 Å².